The number of carbonyl (C=O) groups is 1. The lowest BCUT2D eigenvalue weighted by molar-refractivity contribution is 0.112. The van der Waals surface area contributed by atoms with Crippen molar-refractivity contribution in [2.75, 3.05) is 0 Å². The molecule has 1 aromatic heterocycles. The zero-order chi connectivity index (χ0) is 8.27. The van der Waals surface area contributed by atoms with Gasteiger partial charge < -0.3 is 0 Å². The highest BCUT2D eigenvalue weighted by atomic mass is 19.1. The molecule has 1 heterocycles. The van der Waals surface area contributed by atoms with E-state index in [0.717, 1.165) is 6.07 Å². The van der Waals surface area contributed by atoms with Crippen LogP contribution in [-0.4, -0.2) is 11.3 Å². The molecule has 54 valence electrons. The van der Waals surface area contributed by atoms with Gasteiger partial charge in [0.25, 0.3) is 0 Å². The summed E-state index contributed by atoms with van der Waals surface area (Å²) in [4.78, 5) is 13.3. The van der Waals surface area contributed by atoms with E-state index in [1.165, 1.54) is 6.07 Å². The van der Waals surface area contributed by atoms with Crippen molar-refractivity contribution in [1.82, 2.24) is 4.98 Å². The van der Waals surface area contributed by atoms with Crippen molar-refractivity contribution < 1.29 is 9.18 Å². The van der Waals surface area contributed by atoms with Crippen LogP contribution >= 0.6 is 0 Å². The third-order valence-electron chi connectivity index (χ3n) is 1.07. The molecule has 1 rings (SSSR count). The van der Waals surface area contributed by atoms with Crippen molar-refractivity contribution in [2.45, 2.75) is 0 Å². The Bertz CT molecular complexity index is 330. The molecular weight excluding hydrogens is 147 g/mol. The van der Waals surface area contributed by atoms with Crippen molar-refractivity contribution in [3.63, 3.8) is 0 Å². The zero-order valence-corrected chi connectivity index (χ0v) is 5.41. The summed E-state index contributed by atoms with van der Waals surface area (Å²) in [5.74, 6) is -0.814. The molecule has 0 unspecified atom stereocenters. The largest absolute Gasteiger partial charge is 0.298 e. The number of nitriles is 1. The Labute approximate surface area is 62.1 Å². The van der Waals surface area contributed by atoms with Crippen LogP contribution in [0.4, 0.5) is 4.39 Å². The maximum Gasteiger partial charge on any atom is 0.214 e. The molecule has 0 aliphatic carbocycles. The second-order valence-electron chi connectivity index (χ2n) is 1.84. The number of aromatic nitrogens is 1. The van der Waals surface area contributed by atoms with Crippen molar-refractivity contribution in [2.24, 2.45) is 0 Å². The fraction of sp³-hybridized carbons (Fsp3) is 0. The monoisotopic (exact) mass is 150 g/mol. The molecule has 3 nitrogen and oxygen atoms in total. The summed E-state index contributed by atoms with van der Waals surface area (Å²) in [6.45, 7) is 0. The molecule has 0 aliphatic heterocycles. The van der Waals surface area contributed by atoms with Crippen LogP contribution in [0.2, 0.25) is 0 Å². The van der Waals surface area contributed by atoms with Crippen LogP contribution in [0.15, 0.2) is 12.1 Å². The number of nitrogens with zero attached hydrogens (tertiary/aromatic N) is 2. The van der Waals surface area contributed by atoms with Crippen LogP contribution in [0.5, 0.6) is 0 Å². The number of hydrogen-bond donors (Lipinski definition) is 0. The molecule has 0 saturated heterocycles. The molecular formula is C7H3FN2O. The molecule has 0 bridgehead atoms. The number of halogens is 1. The minimum absolute atomic E-state index is 0.0906. The Morgan fingerprint density at radius 3 is 2.91 bits per heavy atom. The van der Waals surface area contributed by atoms with Crippen LogP contribution in [0.3, 0.4) is 0 Å². The number of carbonyl (C=O) groups excluding carboxylic acids is 1. The van der Waals surface area contributed by atoms with E-state index >= 15 is 0 Å². The first-order valence-corrected chi connectivity index (χ1v) is 2.79. The Kier molecular flexibility index (Phi) is 1.93. The lowest BCUT2D eigenvalue weighted by Crippen LogP contribution is -1.91. The third-order valence-corrected chi connectivity index (χ3v) is 1.07. The fourth-order valence-electron chi connectivity index (χ4n) is 0.642. The highest BCUT2D eigenvalue weighted by molar-refractivity contribution is 5.74. The Morgan fingerprint density at radius 2 is 2.36 bits per heavy atom. The molecule has 0 aliphatic rings. The quantitative estimate of drug-likeness (QED) is 0.441. The molecule has 4 heteroatoms. The summed E-state index contributed by atoms with van der Waals surface area (Å²) >= 11 is 0. The summed E-state index contributed by atoms with van der Waals surface area (Å²) in [6, 6.07) is 3.82. The van der Waals surface area contributed by atoms with Gasteiger partial charge in [0.1, 0.15) is 18.0 Å². The van der Waals surface area contributed by atoms with E-state index in [2.05, 4.69) is 4.98 Å². The Hall–Kier alpha value is -1.76. The van der Waals surface area contributed by atoms with Crippen molar-refractivity contribution >= 4 is 6.29 Å². The highest BCUT2D eigenvalue weighted by Gasteiger charge is 1.99. The van der Waals surface area contributed by atoms with E-state index in [1.807, 2.05) is 0 Å². The van der Waals surface area contributed by atoms with Crippen molar-refractivity contribution in [3.8, 4) is 6.07 Å². The average Bonchev–Trinajstić information content (AvgIpc) is 2.03. The molecule has 0 N–H and O–H groups in total. The summed E-state index contributed by atoms with van der Waals surface area (Å²) in [6.07, 6.45) is 0.464. The van der Waals surface area contributed by atoms with Crippen LogP contribution in [0.25, 0.3) is 0 Å². The van der Waals surface area contributed by atoms with Gasteiger partial charge in [-0.15, -0.1) is 0 Å². The van der Waals surface area contributed by atoms with Gasteiger partial charge in [0, 0.05) is 11.6 Å². The molecule has 1 aromatic rings. The van der Waals surface area contributed by atoms with Crippen LogP contribution in [0, 0.1) is 17.3 Å². The minimum Gasteiger partial charge on any atom is -0.298 e. The van der Waals surface area contributed by atoms with E-state index in [1.54, 1.807) is 6.07 Å². The van der Waals surface area contributed by atoms with E-state index in [9.17, 15) is 9.18 Å². The van der Waals surface area contributed by atoms with Crippen molar-refractivity contribution in [1.29, 1.82) is 5.26 Å². The van der Waals surface area contributed by atoms with Gasteiger partial charge >= 0.3 is 0 Å². The number of aldehydes is 1. The summed E-state index contributed by atoms with van der Waals surface area (Å²) < 4.78 is 12.4. The van der Waals surface area contributed by atoms with Crippen LogP contribution in [-0.2, 0) is 0 Å². The van der Waals surface area contributed by atoms with E-state index in [-0.39, 0.29) is 11.3 Å². The Balaban J connectivity index is 3.25. The topological polar surface area (TPSA) is 53.8 Å². The standard InChI is InChI=1S/C7H3FN2O/c8-7-2-5(4-11)1-6(3-9)10-7/h1-2,4H. The fourth-order valence-corrected chi connectivity index (χ4v) is 0.642. The predicted molar refractivity (Wildman–Crippen MR) is 34.3 cm³/mol. The average molecular weight is 150 g/mol. The first-order valence-electron chi connectivity index (χ1n) is 2.79. The maximum atomic E-state index is 12.4. The number of hydrogen-bond acceptors (Lipinski definition) is 3. The summed E-state index contributed by atoms with van der Waals surface area (Å²) in [5, 5.41) is 8.29. The SMILES string of the molecule is N#Cc1cc(C=O)cc(F)n1. The second-order valence-corrected chi connectivity index (χ2v) is 1.84. The van der Waals surface area contributed by atoms with Gasteiger partial charge in [-0.25, -0.2) is 4.98 Å². The lowest BCUT2D eigenvalue weighted by Gasteiger charge is -1.90. The van der Waals surface area contributed by atoms with Crippen molar-refractivity contribution in [3.05, 3.63) is 29.3 Å². The van der Waals surface area contributed by atoms with E-state index in [0.29, 0.717) is 6.29 Å². The molecule has 11 heavy (non-hydrogen) atoms. The smallest absolute Gasteiger partial charge is 0.214 e. The molecule has 0 fully saturated rings. The van der Waals surface area contributed by atoms with Gasteiger partial charge in [-0.1, -0.05) is 0 Å². The normalized spacial score (nSPS) is 8.73. The predicted octanol–water partition coefficient (Wildman–Crippen LogP) is 0.905. The zero-order valence-electron chi connectivity index (χ0n) is 5.41. The van der Waals surface area contributed by atoms with E-state index in [4.69, 9.17) is 5.26 Å². The number of rotatable bonds is 1. The number of pyridine rings is 1. The molecule has 0 spiro atoms. The molecule has 0 radical (unpaired) electrons. The summed E-state index contributed by atoms with van der Waals surface area (Å²) in [7, 11) is 0. The Morgan fingerprint density at radius 1 is 1.64 bits per heavy atom. The summed E-state index contributed by atoms with van der Waals surface area (Å²) in [5.41, 5.74) is 0.0288. The second kappa shape index (κ2) is 2.88. The van der Waals surface area contributed by atoms with Crippen LogP contribution < -0.4 is 0 Å². The first kappa shape index (κ1) is 7.35. The van der Waals surface area contributed by atoms with Gasteiger partial charge in [0.05, 0.1) is 0 Å². The van der Waals surface area contributed by atoms with E-state index < -0.39 is 5.95 Å². The van der Waals surface area contributed by atoms with Crippen LogP contribution in [0.1, 0.15) is 16.1 Å². The van der Waals surface area contributed by atoms with Gasteiger partial charge in [0.2, 0.25) is 5.95 Å². The lowest BCUT2D eigenvalue weighted by atomic mass is 10.2. The molecule has 0 amide bonds. The van der Waals surface area contributed by atoms with Gasteiger partial charge in [-0.3, -0.25) is 4.79 Å². The third kappa shape index (κ3) is 1.58. The minimum atomic E-state index is -0.814. The molecule has 0 aromatic carbocycles. The molecule has 0 atom stereocenters. The maximum absolute atomic E-state index is 12.4. The van der Waals surface area contributed by atoms with Gasteiger partial charge in [0.15, 0.2) is 0 Å². The van der Waals surface area contributed by atoms with Gasteiger partial charge in [-0.05, 0) is 6.07 Å². The van der Waals surface area contributed by atoms with Gasteiger partial charge in [-0.2, -0.15) is 9.65 Å². The highest BCUT2D eigenvalue weighted by Crippen LogP contribution is 2.01. The molecule has 0 saturated carbocycles. The first-order chi connectivity index (χ1) is 5.26.